The molecule has 1 fully saturated rings. The van der Waals surface area contributed by atoms with Crippen LogP contribution in [0.4, 0.5) is 5.82 Å². The lowest BCUT2D eigenvalue weighted by atomic mass is 10.2. The first-order chi connectivity index (χ1) is 13.2. The molecule has 9 nitrogen and oxygen atoms in total. The van der Waals surface area contributed by atoms with Gasteiger partial charge in [-0.15, -0.1) is 0 Å². The summed E-state index contributed by atoms with van der Waals surface area (Å²) < 4.78 is 8.61. The van der Waals surface area contributed by atoms with Crippen molar-refractivity contribution in [3.05, 3.63) is 37.1 Å². The number of aromatic nitrogens is 6. The minimum Gasteiger partial charge on any atom is -0.481 e. The summed E-state index contributed by atoms with van der Waals surface area (Å²) in [5.74, 6) is 1.06. The molecule has 0 bridgehead atoms. The first kappa shape index (κ1) is 17.2. The van der Waals surface area contributed by atoms with E-state index in [1.54, 1.807) is 36.4 Å². The molecule has 27 heavy (non-hydrogen) atoms. The van der Waals surface area contributed by atoms with Crippen LogP contribution in [-0.4, -0.2) is 42.5 Å². The predicted molar refractivity (Wildman–Crippen MR) is 98.2 cm³/mol. The third-order valence-electron chi connectivity index (χ3n) is 4.69. The second-order valence-corrected chi connectivity index (χ2v) is 6.52. The Morgan fingerprint density at radius 1 is 1.30 bits per heavy atom. The molecule has 0 saturated heterocycles. The van der Waals surface area contributed by atoms with Crippen LogP contribution < -0.4 is 10.1 Å². The quantitative estimate of drug-likeness (QED) is 0.718. The first-order valence-corrected chi connectivity index (χ1v) is 8.95. The number of methoxy groups -OCH3 is 1. The van der Waals surface area contributed by atoms with Crippen molar-refractivity contribution in [3.63, 3.8) is 0 Å². The van der Waals surface area contributed by atoms with Gasteiger partial charge in [-0.3, -0.25) is 9.48 Å². The number of ether oxygens (including phenoxy) is 1. The van der Waals surface area contributed by atoms with E-state index < -0.39 is 0 Å². The number of nitrogens with zero attached hydrogens (tertiary/aromatic N) is 6. The zero-order valence-electron chi connectivity index (χ0n) is 15.1. The van der Waals surface area contributed by atoms with E-state index in [1.165, 1.54) is 19.2 Å². The van der Waals surface area contributed by atoms with Gasteiger partial charge in [0.1, 0.15) is 18.7 Å². The summed E-state index contributed by atoms with van der Waals surface area (Å²) >= 11 is 0. The summed E-state index contributed by atoms with van der Waals surface area (Å²) in [6, 6.07) is 3.93. The Morgan fingerprint density at radius 2 is 2.15 bits per heavy atom. The van der Waals surface area contributed by atoms with E-state index >= 15 is 0 Å². The van der Waals surface area contributed by atoms with Crippen LogP contribution >= 0.6 is 0 Å². The molecular weight excluding hydrogens is 346 g/mol. The number of amides is 1. The van der Waals surface area contributed by atoms with Crippen molar-refractivity contribution >= 4 is 11.7 Å². The van der Waals surface area contributed by atoms with Crippen molar-refractivity contribution in [1.82, 2.24) is 29.5 Å². The average molecular weight is 367 g/mol. The molecule has 1 saturated carbocycles. The number of nitrogens with one attached hydrogen (secondary N) is 1. The van der Waals surface area contributed by atoms with Gasteiger partial charge in [0.25, 0.3) is 0 Å². The fourth-order valence-electron chi connectivity index (χ4n) is 3.37. The van der Waals surface area contributed by atoms with Crippen molar-refractivity contribution < 1.29 is 9.53 Å². The molecule has 1 amide bonds. The molecular formula is C18H21N7O2. The highest BCUT2D eigenvalue weighted by Crippen LogP contribution is 2.31. The molecule has 3 aromatic heterocycles. The Hall–Kier alpha value is -3.23. The normalized spacial score (nSPS) is 14.4. The number of hydrogen-bond acceptors (Lipinski definition) is 6. The Bertz CT molecular complexity index is 927. The van der Waals surface area contributed by atoms with Gasteiger partial charge in [-0.25, -0.2) is 14.6 Å². The van der Waals surface area contributed by atoms with Gasteiger partial charge in [0.05, 0.1) is 31.2 Å². The molecule has 0 radical (unpaired) electrons. The van der Waals surface area contributed by atoms with Crippen LogP contribution in [0.1, 0.15) is 31.7 Å². The van der Waals surface area contributed by atoms with E-state index in [9.17, 15) is 4.79 Å². The molecule has 1 N–H and O–H groups in total. The van der Waals surface area contributed by atoms with Gasteiger partial charge in [-0.05, 0) is 12.8 Å². The predicted octanol–water partition coefficient (Wildman–Crippen LogP) is 2.30. The Morgan fingerprint density at radius 3 is 2.96 bits per heavy atom. The van der Waals surface area contributed by atoms with Crippen LogP contribution in [0.25, 0.3) is 11.3 Å². The zero-order valence-corrected chi connectivity index (χ0v) is 15.1. The van der Waals surface area contributed by atoms with Crippen molar-refractivity contribution in [2.75, 3.05) is 12.4 Å². The van der Waals surface area contributed by atoms with E-state index in [4.69, 9.17) is 4.74 Å². The lowest BCUT2D eigenvalue weighted by Crippen LogP contribution is -2.22. The highest BCUT2D eigenvalue weighted by atomic mass is 16.5. The molecule has 1 aliphatic carbocycles. The van der Waals surface area contributed by atoms with Crippen LogP contribution in [0.5, 0.6) is 5.88 Å². The SMILES string of the molecule is COc1cc(-c2cnn(CC(=O)Nc3ccnn3C3CCCC3)c2)ncn1. The summed E-state index contributed by atoms with van der Waals surface area (Å²) in [6.45, 7) is 0.109. The van der Waals surface area contributed by atoms with Crippen molar-refractivity contribution in [2.45, 2.75) is 38.3 Å². The third kappa shape index (κ3) is 3.81. The highest BCUT2D eigenvalue weighted by molar-refractivity contribution is 5.89. The Balaban J connectivity index is 1.42. The molecule has 3 heterocycles. The molecule has 0 aromatic carbocycles. The fraction of sp³-hybridized carbons (Fsp3) is 0.389. The van der Waals surface area contributed by atoms with Gasteiger partial charge < -0.3 is 10.1 Å². The van der Waals surface area contributed by atoms with Crippen molar-refractivity contribution in [2.24, 2.45) is 0 Å². The van der Waals surface area contributed by atoms with Crippen LogP contribution in [0.2, 0.25) is 0 Å². The third-order valence-corrected chi connectivity index (χ3v) is 4.69. The van der Waals surface area contributed by atoms with Crippen molar-refractivity contribution in [3.8, 4) is 17.1 Å². The average Bonchev–Trinajstić information content (AvgIpc) is 3.43. The topological polar surface area (TPSA) is 99.8 Å². The summed E-state index contributed by atoms with van der Waals surface area (Å²) in [6.07, 6.45) is 11.2. The first-order valence-electron chi connectivity index (χ1n) is 8.95. The van der Waals surface area contributed by atoms with E-state index in [0.717, 1.165) is 24.2 Å². The van der Waals surface area contributed by atoms with Crippen LogP contribution in [0, 0.1) is 0 Å². The largest absolute Gasteiger partial charge is 0.481 e. The van der Waals surface area contributed by atoms with Gasteiger partial charge in [0.2, 0.25) is 11.8 Å². The van der Waals surface area contributed by atoms with Gasteiger partial charge in [-0.2, -0.15) is 10.2 Å². The lowest BCUT2D eigenvalue weighted by Gasteiger charge is -2.14. The highest BCUT2D eigenvalue weighted by Gasteiger charge is 2.20. The monoisotopic (exact) mass is 367 g/mol. The summed E-state index contributed by atoms with van der Waals surface area (Å²) in [4.78, 5) is 20.6. The fourth-order valence-corrected chi connectivity index (χ4v) is 3.37. The maximum Gasteiger partial charge on any atom is 0.247 e. The minimum atomic E-state index is -0.148. The van der Waals surface area contributed by atoms with E-state index in [1.807, 2.05) is 10.7 Å². The van der Waals surface area contributed by atoms with Gasteiger partial charge in [0, 0.05) is 23.9 Å². The number of rotatable bonds is 6. The second-order valence-electron chi connectivity index (χ2n) is 6.52. The molecule has 9 heteroatoms. The lowest BCUT2D eigenvalue weighted by molar-refractivity contribution is -0.117. The standard InChI is InChI=1S/C18H21N7O2/c1-27-18-8-15(19-12-20-18)13-9-22-24(10-13)11-17(26)23-16-6-7-21-25(16)14-4-2-3-5-14/h6-10,12,14H,2-5,11H2,1H3,(H,23,26). The number of carbonyl (C=O) groups is 1. The van der Waals surface area contributed by atoms with Crippen LogP contribution in [0.15, 0.2) is 37.1 Å². The summed E-state index contributed by atoms with van der Waals surface area (Å²) in [7, 11) is 1.55. The maximum absolute atomic E-state index is 12.4. The molecule has 0 spiro atoms. The number of anilines is 1. The molecule has 3 aromatic rings. The van der Waals surface area contributed by atoms with E-state index in [0.29, 0.717) is 17.6 Å². The summed E-state index contributed by atoms with van der Waals surface area (Å²) in [5.41, 5.74) is 1.48. The Labute approximate surface area is 156 Å². The molecule has 0 aliphatic heterocycles. The van der Waals surface area contributed by atoms with E-state index in [2.05, 4.69) is 25.5 Å². The molecule has 4 rings (SSSR count). The number of carbonyl (C=O) groups excluding carboxylic acids is 1. The molecule has 0 atom stereocenters. The maximum atomic E-state index is 12.4. The van der Waals surface area contributed by atoms with Crippen molar-refractivity contribution in [1.29, 1.82) is 0 Å². The zero-order chi connectivity index (χ0) is 18.6. The van der Waals surface area contributed by atoms with Gasteiger partial charge in [0.15, 0.2) is 0 Å². The second kappa shape index (κ2) is 7.56. The minimum absolute atomic E-state index is 0.109. The molecule has 1 aliphatic rings. The molecule has 140 valence electrons. The van der Waals surface area contributed by atoms with E-state index in [-0.39, 0.29) is 12.5 Å². The Kier molecular flexibility index (Phi) is 4.82. The van der Waals surface area contributed by atoms with Crippen LogP contribution in [-0.2, 0) is 11.3 Å². The number of hydrogen-bond donors (Lipinski definition) is 1. The van der Waals surface area contributed by atoms with Gasteiger partial charge >= 0.3 is 0 Å². The summed E-state index contributed by atoms with van der Waals surface area (Å²) in [5, 5.41) is 11.6. The smallest absolute Gasteiger partial charge is 0.247 e. The molecule has 0 unspecified atom stereocenters. The van der Waals surface area contributed by atoms with Crippen LogP contribution in [0.3, 0.4) is 0 Å². The van der Waals surface area contributed by atoms with Gasteiger partial charge in [-0.1, -0.05) is 12.8 Å².